The summed E-state index contributed by atoms with van der Waals surface area (Å²) in [5.41, 5.74) is 0.0455. The van der Waals surface area contributed by atoms with Crippen molar-refractivity contribution in [2.45, 2.75) is 89.2 Å². The number of allylic oxidation sites excluding steroid dienone is 6. The smallest absolute Gasteiger partial charge is 0.295 e. The number of hydrogen-bond donors (Lipinski definition) is 6. The Kier molecular flexibility index (Phi) is 23.4. The first kappa shape index (κ1) is 71.2. The van der Waals surface area contributed by atoms with Crippen molar-refractivity contribution >= 4 is 107 Å². The van der Waals surface area contributed by atoms with Crippen LogP contribution in [0, 0.1) is 0 Å². The number of fused-ring (bicyclic) bond motifs is 6. The zero-order valence-electron chi connectivity index (χ0n) is 49.8. The van der Waals surface area contributed by atoms with Crippen molar-refractivity contribution in [3.8, 4) is 0 Å². The van der Waals surface area contributed by atoms with Gasteiger partial charge in [-0.15, -0.1) is 0 Å². The molecule has 3 heterocycles. The molecule has 32 heteroatoms. The van der Waals surface area contributed by atoms with Gasteiger partial charge in [0, 0.05) is 104 Å². The molecule has 0 spiro atoms. The summed E-state index contributed by atoms with van der Waals surface area (Å²) in [5.74, 6) is -1.99. The molecule has 2 unspecified atom stereocenters. The number of nitrogens with one attached hydrogen (secondary N) is 1. The molecule has 2 atom stereocenters. The molecule has 6 N–H and O–H groups in total. The fourth-order valence-electron chi connectivity index (χ4n) is 11.6. The highest BCUT2D eigenvalue weighted by molar-refractivity contribution is 7.87. The largest absolute Gasteiger partial charge is 0.382 e. The maximum Gasteiger partial charge on any atom is 0.295 e. The molecule has 3 amide bonds. The molecule has 0 aromatic heterocycles. The molecule has 0 aliphatic carbocycles. The Morgan fingerprint density at radius 2 is 1.13 bits per heavy atom. The average molecular weight is 1350 g/mol. The van der Waals surface area contributed by atoms with Gasteiger partial charge >= 0.3 is 0 Å². The van der Waals surface area contributed by atoms with E-state index in [2.05, 4.69) is 5.32 Å². The number of imide groups is 1. The first-order chi connectivity index (χ1) is 42.3. The second-order valence-corrected chi connectivity index (χ2v) is 29.0. The number of carbonyl (C=O) groups excluding carboxylic acids is 3. The third-order valence-electron chi connectivity index (χ3n) is 15.7. The van der Waals surface area contributed by atoms with E-state index in [-0.39, 0.29) is 118 Å². The Balaban J connectivity index is 1.32. The molecule has 0 radical (unpaired) electrons. The number of unbranched alkanes of at least 4 members (excludes halogenated alkanes) is 2. The molecular weight excluding hydrogens is 1280 g/mol. The summed E-state index contributed by atoms with van der Waals surface area (Å²) < 4.78 is 208. The van der Waals surface area contributed by atoms with Gasteiger partial charge in [0.05, 0.1) is 60.6 Å². The fraction of sp³-hybridized carbons (Fsp3) is 0.448. The molecule has 0 saturated carbocycles. The second-order valence-electron chi connectivity index (χ2n) is 21.8. The summed E-state index contributed by atoms with van der Waals surface area (Å²) in [7, 11) is -22.0. The lowest BCUT2D eigenvalue weighted by Gasteiger charge is -2.31. The number of amides is 3. The molecule has 492 valence electrons. The number of benzene rings is 4. The van der Waals surface area contributed by atoms with Crippen LogP contribution in [0.1, 0.15) is 69.9 Å². The molecule has 3 aliphatic heterocycles. The maximum absolute atomic E-state index is 13.0. The summed E-state index contributed by atoms with van der Waals surface area (Å²) in [6, 6.07) is 9.38. The van der Waals surface area contributed by atoms with E-state index >= 15 is 0 Å². The normalized spacial score (nSPS) is 18.7. The molecule has 4 aromatic rings. The summed E-state index contributed by atoms with van der Waals surface area (Å²) in [4.78, 5) is 36.5. The predicted molar refractivity (Wildman–Crippen MR) is 329 cm³/mol. The second kappa shape index (κ2) is 29.6. The standard InChI is InChI=1S/C58H72N4O23S5/c1-57(21-11-35-86(66,67)68)50(61(26-28-81-3)47-18-16-42-44(55(47)57)36-40(87(69,70)71)38-48(42)89(75,76)77)12-7-5-8-13-51-58(2,22-27-83-31-32-85-34-33-84-30-29-82-4)56-45-37-41(88(72,73)74)39-49(90(78,79)80)43(45)15-17-46(56)60(51)24-10-6-9-14-52(63)59-23-25-62-53(64)19-20-54(62)65/h5,7-8,12-13,15-20,36-39H,6,9-11,14,21-35H2,1-4H3,(H5-,59,63,66,67,68,69,70,71,72,73,74,75,76,77,78,79,80)/p+1. The molecule has 90 heavy (non-hydrogen) atoms. The van der Waals surface area contributed by atoms with E-state index in [0.29, 0.717) is 79.6 Å². The van der Waals surface area contributed by atoms with Gasteiger partial charge in [-0.2, -0.15) is 46.7 Å². The number of hydrogen-bond acceptors (Lipinski definition) is 19. The summed E-state index contributed by atoms with van der Waals surface area (Å²) in [5, 5.41) is 2.55. The van der Waals surface area contributed by atoms with E-state index in [9.17, 15) is 79.2 Å². The summed E-state index contributed by atoms with van der Waals surface area (Å²) in [6.45, 7) is 5.73. The van der Waals surface area contributed by atoms with E-state index in [1.807, 2.05) is 11.8 Å². The van der Waals surface area contributed by atoms with Crippen LogP contribution in [0.15, 0.2) is 116 Å². The molecule has 7 rings (SSSR count). The first-order valence-corrected chi connectivity index (χ1v) is 35.7. The lowest BCUT2D eigenvalue weighted by molar-refractivity contribution is -0.441. The van der Waals surface area contributed by atoms with E-state index in [1.165, 1.54) is 19.2 Å². The monoisotopic (exact) mass is 1350 g/mol. The van der Waals surface area contributed by atoms with Gasteiger partial charge in [0.25, 0.3) is 62.4 Å². The van der Waals surface area contributed by atoms with Gasteiger partial charge in [-0.1, -0.05) is 30.7 Å². The topological polar surface area (TPSA) is 391 Å². The van der Waals surface area contributed by atoms with Crippen molar-refractivity contribution in [1.29, 1.82) is 0 Å². The lowest BCUT2D eigenvalue weighted by Crippen LogP contribution is -2.38. The van der Waals surface area contributed by atoms with Crippen molar-refractivity contribution in [2.24, 2.45) is 0 Å². The number of carbonyl (C=O) groups is 3. The fourth-order valence-corrected chi connectivity index (χ4v) is 14.8. The van der Waals surface area contributed by atoms with Crippen LogP contribution in [0.3, 0.4) is 0 Å². The van der Waals surface area contributed by atoms with Gasteiger partial charge in [0.15, 0.2) is 12.3 Å². The van der Waals surface area contributed by atoms with Crippen molar-refractivity contribution in [3.63, 3.8) is 0 Å². The van der Waals surface area contributed by atoms with Crippen LogP contribution in [0.2, 0.25) is 0 Å². The van der Waals surface area contributed by atoms with Crippen LogP contribution < -0.4 is 10.2 Å². The van der Waals surface area contributed by atoms with Gasteiger partial charge in [-0.3, -0.25) is 42.0 Å². The Bertz CT molecular complexity index is 4150. The number of methoxy groups -OCH3 is 2. The van der Waals surface area contributed by atoms with Crippen LogP contribution in [0.4, 0.5) is 11.4 Å². The highest BCUT2D eigenvalue weighted by atomic mass is 32.2. The minimum atomic E-state index is -5.14. The Hall–Kier alpha value is -6.21. The van der Waals surface area contributed by atoms with E-state index in [1.54, 1.807) is 61.1 Å². The van der Waals surface area contributed by atoms with Gasteiger partial charge in [0.2, 0.25) is 11.6 Å². The lowest BCUT2D eigenvalue weighted by atomic mass is 9.74. The Morgan fingerprint density at radius 1 is 0.578 bits per heavy atom. The third kappa shape index (κ3) is 17.1. The third-order valence-corrected chi connectivity index (χ3v) is 20.0. The van der Waals surface area contributed by atoms with Crippen molar-refractivity contribution < 1.29 is 107 Å². The number of anilines is 1. The Labute approximate surface area is 522 Å². The highest BCUT2D eigenvalue weighted by Gasteiger charge is 2.50. The Morgan fingerprint density at radius 3 is 1.69 bits per heavy atom. The van der Waals surface area contributed by atoms with Crippen LogP contribution >= 0.6 is 0 Å². The van der Waals surface area contributed by atoms with Crippen LogP contribution in [0.5, 0.6) is 0 Å². The van der Waals surface area contributed by atoms with Crippen LogP contribution in [-0.4, -0.2) is 197 Å². The predicted octanol–water partition coefficient (Wildman–Crippen LogP) is 5.11. The zero-order chi connectivity index (χ0) is 66.0. The van der Waals surface area contributed by atoms with Gasteiger partial charge in [-0.25, -0.2) is 0 Å². The van der Waals surface area contributed by atoms with Crippen molar-refractivity contribution in [3.05, 3.63) is 108 Å². The minimum Gasteiger partial charge on any atom is -0.382 e. The number of nitrogens with zero attached hydrogens (tertiary/aromatic N) is 3. The van der Waals surface area contributed by atoms with E-state index in [0.717, 1.165) is 29.2 Å². The van der Waals surface area contributed by atoms with E-state index in [4.69, 9.17) is 23.7 Å². The van der Waals surface area contributed by atoms with E-state index < -0.39 is 98.6 Å². The van der Waals surface area contributed by atoms with Gasteiger partial charge in [0.1, 0.15) is 16.4 Å². The van der Waals surface area contributed by atoms with Gasteiger partial charge < -0.3 is 33.9 Å². The zero-order valence-corrected chi connectivity index (χ0v) is 53.9. The molecule has 27 nitrogen and oxygen atoms in total. The molecule has 0 fully saturated rings. The molecule has 4 aromatic carbocycles. The molecular formula is C58H73N4O23S5+. The molecule has 3 aliphatic rings. The number of rotatable bonds is 35. The van der Waals surface area contributed by atoms with Crippen LogP contribution in [-0.2, 0) is 99.5 Å². The SMILES string of the molecule is COCCOCCOCCOCCC1(C)\C(=C/C=C/C=C/C2=[N+](CCOC)c3ccc4c(S(=O)(=O)O)cc(S(=O)(=O)O)cc4c3C2(C)CCCS(=O)(=O)O)N(CCCCCC(=O)NCCN2C(=O)C=CC2=O)c2ccc3c(S(=O)(=O)O)cc(S(=O)(=O)O)cc3c21. The number of ether oxygens (including phenoxy) is 5. The van der Waals surface area contributed by atoms with Crippen molar-refractivity contribution in [2.75, 3.05) is 104 Å². The minimum absolute atomic E-state index is 0.0126. The summed E-state index contributed by atoms with van der Waals surface area (Å²) in [6.07, 6.45) is 12.0. The highest BCUT2D eigenvalue weighted by Crippen LogP contribution is 2.54. The first-order valence-electron chi connectivity index (χ1n) is 28.3. The quantitative estimate of drug-likeness (QED) is 0.0114. The molecule has 0 bridgehead atoms. The molecule has 0 saturated heterocycles. The van der Waals surface area contributed by atoms with Crippen LogP contribution in [0.25, 0.3) is 21.5 Å². The average Bonchev–Trinajstić information content (AvgIpc) is 1.52. The van der Waals surface area contributed by atoms with Crippen molar-refractivity contribution in [1.82, 2.24) is 10.2 Å². The summed E-state index contributed by atoms with van der Waals surface area (Å²) >= 11 is 0. The maximum atomic E-state index is 13.0. The van der Waals surface area contributed by atoms with Gasteiger partial charge in [-0.05, 0) is 105 Å².